The van der Waals surface area contributed by atoms with Crippen molar-refractivity contribution >= 4 is 23.6 Å². The fourth-order valence-corrected chi connectivity index (χ4v) is 6.34. The number of hydrogen-bond donors (Lipinski definition) is 0. The third kappa shape index (κ3) is 9.84. The Morgan fingerprint density at radius 1 is 0.792 bits per heavy atom. The molecule has 1 saturated heterocycles. The van der Waals surface area contributed by atoms with Gasteiger partial charge in [0.1, 0.15) is 6.04 Å². The SMILES string of the molecule is [C-]#[N+]c1ccc(C[C@@H](C(=O)N2CCN(Cc3ccccc3)CC2)N(Cc2ccc(-c3ccccn3)cc2)C(=O)/C=C/c2ccc(C(F)(F)F)cc2)cc1. The van der Waals surface area contributed by atoms with E-state index in [0.29, 0.717) is 37.4 Å². The monoisotopic (exact) mass is 713 g/mol. The molecule has 0 bridgehead atoms. The Balaban J connectivity index is 1.30. The van der Waals surface area contributed by atoms with Crippen molar-refractivity contribution in [2.24, 2.45) is 0 Å². The highest BCUT2D eigenvalue weighted by molar-refractivity contribution is 5.96. The number of piperazine rings is 1. The number of carbonyl (C=O) groups is 2. The van der Waals surface area contributed by atoms with E-state index in [1.165, 1.54) is 34.7 Å². The number of pyridine rings is 1. The Hall–Kier alpha value is -6.05. The van der Waals surface area contributed by atoms with Crippen molar-refractivity contribution < 1.29 is 22.8 Å². The van der Waals surface area contributed by atoms with Gasteiger partial charge in [-0.1, -0.05) is 97.1 Å². The van der Waals surface area contributed by atoms with E-state index < -0.39 is 23.7 Å². The van der Waals surface area contributed by atoms with Crippen molar-refractivity contribution in [1.82, 2.24) is 19.7 Å². The Bertz CT molecular complexity index is 2040. The summed E-state index contributed by atoms with van der Waals surface area (Å²) in [4.78, 5) is 42.4. The molecular weight excluding hydrogens is 676 g/mol. The summed E-state index contributed by atoms with van der Waals surface area (Å²) < 4.78 is 39.6. The summed E-state index contributed by atoms with van der Waals surface area (Å²) in [5.74, 6) is -0.655. The second kappa shape index (κ2) is 17.0. The molecule has 0 saturated carbocycles. The maximum atomic E-state index is 14.6. The van der Waals surface area contributed by atoms with E-state index in [2.05, 4.69) is 26.9 Å². The van der Waals surface area contributed by atoms with Crippen LogP contribution >= 0.6 is 0 Å². The molecule has 10 heteroatoms. The van der Waals surface area contributed by atoms with Crippen LogP contribution in [0, 0.1) is 6.57 Å². The van der Waals surface area contributed by atoms with Crippen LogP contribution in [-0.2, 0) is 35.3 Å². The van der Waals surface area contributed by atoms with E-state index in [-0.39, 0.29) is 18.9 Å². The molecule has 0 spiro atoms. The van der Waals surface area contributed by atoms with E-state index >= 15 is 0 Å². The Kier molecular flexibility index (Phi) is 11.8. The van der Waals surface area contributed by atoms with Crippen LogP contribution in [0.1, 0.15) is 27.8 Å². The maximum Gasteiger partial charge on any atom is 0.416 e. The lowest BCUT2D eigenvalue weighted by atomic mass is 10.0. The first kappa shape index (κ1) is 36.7. The molecule has 1 atom stereocenters. The molecule has 1 aromatic heterocycles. The molecular formula is C43H38F3N5O2. The summed E-state index contributed by atoms with van der Waals surface area (Å²) in [6.45, 7) is 10.6. The second-order valence-corrected chi connectivity index (χ2v) is 12.9. The van der Waals surface area contributed by atoms with Gasteiger partial charge in [-0.05, 0) is 52.6 Å². The van der Waals surface area contributed by atoms with Crippen molar-refractivity contribution in [2.45, 2.75) is 31.7 Å². The molecule has 2 amide bonds. The smallest absolute Gasteiger partial charge is 0.338 e. The van der Waals surface area contributed by atoms with Crippen LogP contribution in [0.2, 0.25) is 0 Å². The molecule has 53 heavy (non-hydrogen) atoms. The summed E-state index contributed by atoms with van der Waals surface area (Å²) in [5.41, 5.74) is 4.56. The minimum Gasteiger partial charge on any atom is -0.338 e. The van der Waals surface area contributed by atoms with Crippen LogP contribution in [0.5, 0.6) is 0 Å². The molecule has 1 fully saturated rings. The zero-order valence-corrected chi connectivity index (χ0v) is 29.0. The van der Waals surface area contributed by atoms with Gasteiger partial charge in [0.05, 0.1) is 17.8 Å². The first-order valence-electron chi connectivity index (χ1n) is 17.3. The maximum absolute atomic E-state index is 14.6. The van der Waals surface area contributed by atoms with Crippen LogP contribution < -0.4 is 0 Å². The Labute approximate surface area is 307 Å². The van der Waals surface area contributed by atoms with E-state index in [4.69, 9.17) is 6.57 Å². The number of amides is 2. The largest absolute Gasteiger partial charge is 0.416 e. The molecule has 7 nitrogen and oxygen atoms in total. The second-order valence-electron chi connectivity index (χ2n) is 12.9. The molecule has 0 unspecified atom stereocenters. The minimum absolute atomic E-state index is 0.100. The van der Waals surface area contributed by atoms with Crippen molar-refractivity contribution in [3.05, 3.63) is 173 Å². The van der Waals surface area contributed by atoms with E-state index in [9.17, 15) is 22.8 Å². The zero-order chi connectivity index (χ0) is 37.2. The van der Waals surface area contributed by atoms with Crippen LogP contribution in [-0.4, -0.2) is 63.7 Å². The topological polar surface area (TPSA) is 61.1 Å². The summed E-state index contributed by atoms with van der Waals surface area (Å²) in [7, 11) is 0. The molecule has 6 rings (SSSR count). The number of alkyl halides is 3. The summed E-state index contributed by atoms with van der Waals surface area (Å²) in [6, 6.07) is 34.1. The normalized spacial score (nSPS) is 14.1. The number of rotatable bonds is 11. The number of aromatic nitrogens is 1. The molecule has 4 aromatic carbocycles. The van der Waals surface area contributed by atoms with Crippen LogP contribution in [0.3, 0.4) is 0 Å². The molecule has 268 valence electrons. The molecule has 1 aliphatic rings. The predicted molar refractivity (Wildman–Crippen MR) is 199 cm³/mol. The first-order valence-corrected chi connectivity index (χ1v) is 17.3. The van der Waals surface area contributed by atoms with E-state index in [0.717, 1.165) is 41.1 Å². The standard InChI is InChI=1S/C43H38F3N5O2/c1-47-38-21-14-33(15-22-38)29-40(42(53)50-27-25-49(26-28-50)30-34-7-3-2-4-8-34)51(31-35-10-17-36(18-11-35)39-9-5-6-24-48-39)41(52)23-16-32-12-19-37(20-13-32)43(44,45)46/h2-24,40H,25-31H2/b23-16+/t40-/m0/s1. The Morgan fingerprint density at radius 2 is 1.45 bits per heavy atom. The molecule has 5 aromatic rings. The lowest BCUT2D eigenvalue weighted by Crippen LogP contribution is -2.56. The van der Waals surface area contributed by atoms with Crippen LogP contribution in [0.25, 0.3) is 22.2 Å². The number of halogens is 3. The summed E-state index contributed by atoms with van der Waals surface area (Å²) >= 11 is 0. The van der Waals surface area contributed by atoms with Crippen molar-refractivity contribution in [1.29, 1.82) is 0 Å². The average molecular weight is 714 g/mol. The lowest BCUT2D eigenvalue weighted by Gasteiger charge is -2.39. The molecule has 0 aliphatic carbocycles. The molecule has 0 N–H and O–H groups in total. The third-order valence-corrected chi connectivity index (χ3v) is 9.30. The van der Waals surface area contributed by atoms with Gasteiger partial charge in [-0.2, -0.15) is 13.2 Å². The summed E-state index contributed by atoms with van der Waals surface area (Å²) in [6.07, 6.45) is 0.218. The molecule has 0 radical (unpaired) electrons. The third-order valence-electron chi connectivity index (χ3n) is 9.30. The van der Waals surface area contributed by atoms with Crippen molar-refractivity contribution in [3.63, 3.8) is 0 Å². The van der Waals surface area contributed by atoms with E-state index in [1.807, 2.05) is 65.6 Å². The minimum atomic E-state index is -4.48. The lowest BCUT2D eigenvalue weighted by molar-refractivity contribution is -0.145. The predicted octanol–water partition coefficient (Wildman–Crippen LogP) is 8.32. The molecule has 2 heterocycles. The van der Waals surface area contributed by atoms with Crippen molar-refractivity contribution in [3.8, 4) is 11.3 Å². The Morgan fingerprint density at radius 3 is 2.08 bits per heavy atom. The highest BCUT2D eigenvalue weighted by Gasteiger charge is 2.34. The number of nitrogens with zero attached hydrogens (tertiary/aromatic N) is 5. The zero-order valence-electron chi connectivity index (χ0n) is 29.0. The van der Waals surface area contributed by atoms with Gasteiger partial charge in [0, 0.05) is 63.5 Å². The van der Waals surface area contributed by atoms with Gasteiger partial charge in [-0.3, -0.25) is 19.5 Å². The van der Waals surface area contributed by atoms with Gasteiger partial charge < -0.3 is 9.80 Å². The highest BCUT2D eigenvalue weighted by atomic mass is 19.4. The number of carbonyl (C=O) groups excluding carboxylic acids is 2. The number of hydrogen-bond acceptors (Lipinski definition) is 4. The van der Waals surface area contributed by atoms with Gasteiger partial charge in [0.25, 0.3) is 0 Å². The average Bonchev–Trinajstić information content (AvgIpc) is 3.19. The first-order chi connectivity index (χ1) is 25.7. The van der Waals surface area contributed by atoms with E-state index in [1.54, 1.807) is 30.5 Å². The van der Waals surface area contributed by atoms with Gasteiger partial charge in [0.2, 0.25) is 11.8 Å². The van der Waals surface area contributed by atoms with Gasteiger partial charge in [-0.15, -0.1) is 0 Å². The van der Waals surface area contributed by atoms with Crippen molar-refractivity contribution in [2.75, 3.05) is 26.2 Å². The summed E-state index contributed by atoms with van der Waals surface area (Å²) in [5, 5.41) is 0. The fraction of sp³-hybridized carbons (Fsp3) is 0.209. The van der Waals surface area contributed by atoms with Crippen LogP contribution in [0.4, 0.5) is 18.9 Å². The molecule has 1 aliphatic heterocycles. The number of benzene rings is 4. The van der Waals surface area contributed by atoms with Gasteiger partial charge in [-0.25, -0.2) is 4.85 Å². The van der Waals surface area contributed by atoms with Crippen LogP contribution in [0.15, 0.2) is 134 Å². The quantitative estimate of drug-likeness (QED) is 0.102. The highest BCUT2D eigenvalue weighted by Crippen LogP contribution is 2.29. The van der Waals surface area contributed by atoms with Gasteiger partial charge >= 0.3 is 6.18 Å². The fourth-order valence-electron chi connectivity index (χ4n) is 6.34. The van der Waals surface area contributed by atoms with Gasteiger partial charge in [0.15, 0.2) is 5.69 Å².